The highest BCUT2D eigenvalue weighted by Crippen LogP contribution is 2.03. The summed E-state index contributed by atoms with van der Waals surface area (Å²) >= 11 is 11.4. The van der Waals surface area contributed by atoms with Crippen molar-refractivity contribution in [1.29, 1.82) is 0 Å². The SMILES string of the molecule is NC(=O)c1ncn2c(=O)n(CC(Cl)CCl)nnc12. The third kappa shape index (κ3) is 2.16. The standard InChI is InChI=1S/C8H8Cl2N6O2/c9-1-4(10)2-16-8(18)15-3-12-5(6(11)17)7(15)13-14-16/h3-4H,1-2H2,(H2,11,17). The normalized spacial score (nSPS) is 12.8. The van der Waals surface area contributed by atoms with E-state index in [1.54, 1.807) is 0 Å². The number of aromatic nitrogens is 5. The molecule has 2 aromatic heterocycles. The largest absolute Gasteiger partial charge is 0.364 e. The fourth-order valence-electron chi connectivity index (χ4n) is 1.36. The van der Waals surface area contributed by atoms with Crippen LogP contribution in [0.2, 0.25) is 0 Å². The molecular formula is C8H8Cl2N6O2. The van der Waals surface area contributed by atoms with Crippen LogP contribution in [-0.4, -0.2) is 41.5 Å². The summed E-state index contributed by atoms with van der Waals surface area (Å²) < 4.78 is 2.12. The minimum atomic E-state index is -0.778. The number of halogens is 2. The number of primary amides is 1. The van der Waals surface area contributed by atoms with Gasteiger partial charge in [-0.2, -0.15) is 4.68 Å². The number of carbonyl (C=O) groups excluding carboxylic acids is 1. The van der Waals surface area contributed by atoms with Crippen LogP contribution < -0.4 is 11.4 Å². The molecule has 2 rings (SSSR count). The first kappa shape index (κ1) is 12.8. The van der Waals surface area contributed by atoms with Crippen LogP contribution in [0.4, 0.5) is 0 Å². The Morgan fingerprint density at radius 3 is 2.89 bits per heavy atom. The van der Waals surface area contributed by atoms with E-state index in [2.05, 4.69) is 15.3 Å². The number of nitrogens with zero attached hydrogens (tertiary/aromatic N) is 5. The fourth-order valence-corrected chi connectivity index (χ4v) is 1.59. The van der Waals surface area contributed by atoms with Gasteiger partial charge in [0, 0.05) is 5.88 Å². The number of carbonyl (C=O) groups is 1. The molecule has 2 aromatic rings. The Labute approximate surface area is 110 Å². The number of hydrogen-bond donors (Lipinski definition) is 1. The van der Waals surface area contributed by atoms with Crippen molar-refractivity contribution in [3.8, 4) is 0 Å². The van der Waals surface area contributed by atoms with Crippen molar-refractivity contribution < 1.29 is 4.79 Å². The monoisotopic (exact) mass is 290 g/mol. The molecule has 1 atom stereocenters. The van der Waals surface area contributed by atoms with E-state index in [1.165, 1.54) is 0 Å². The molecule has 18 heavy (non-hydrogen) atoms. The van der Waals surface area contributed by atoms with Gasteiger partial charge in [0.25, 0.3) is 5.91 Å². The van der Waals surface area contributed by atoms with Gasteiger partial charge in [-0.3, -0.25) is 4.79 Å². The summed E-state index contributed by atoms with van der Waals surface area (Å²) in [5.41, 5.74) is 4.48. The highest BCUT2D eigenvalue weighted by Gasteiger charge is 2.16. The summed E-state index contributed by atoms with van der Waals surface area (Å²) in [6, 6.07) is 0. The van der Waals surface area contributed by atoms with Gasteiger partial charge in [0.2, 0.25) is 0 Å². The maximum atomic E-state index is 11.9. The van der Waals surface area contributed by atoms with Crippen LogP contribution in [0, 0.1) is 0 Å². The lowest BCUT2D eigenvalue weighted by atomic mass is 10.4. The molecule has 1 unspecified atom stereocenters. The number of alkyl halides is 2. The minimum Gasteiger partial charge on any atom is -0.364 e. The second-order valence-electron chi connectivity index (χ2n) is 3.46. The Morgan fingerprint density at radius 2 is 2.28 bits per heavy atom. The zero-order valence-electron chi connectivity index (χ0n) is 8.95. The molecule has 0 aromatic carbocycles. The molecule has 2 heterocycles. The lowest BCUT2D eigenvalue weighted by Gasteiger charge is -2.06. The predicted molar refractivity (Wildman–Crippen MR) is 63.9 cm³/mol. The van der Waals surface area contributed by atoms with Crippen molar-refractivity contribution >= 4 is 34.8 Å². The van der Waals surface area contributed by atoms with Gasteiger partial charge >= 0.3 is 5.69 Å². The summed E-state index contributed by atoms with van der Waals surface area (Å²) in [5, 5.41) is 6.92. The molecule has 1 amide bonds. The molecule has 96 valence electrons. The highest BCUT2D eigenvalue weighted by atomic mass is 35.5. The Balaban J connectivity index is 2.52. The Morgan fingerprint density at radius 1 is 1.56 bits per heavy atom. The molecule has 0 bridgehead atoms. The average Bonchev–Trinajstić information content (AvgIpc) is 2.77. The van der Waals surface area contributed by atoms with Crippen molar-refractivity contribution in [3.63, 3.8) is 0 Å². The number of fused-ring (bicyclic) bond motifs is 1. The van der Waals surface area contributed by atoms with Gasteiger partial charge in [0.05, 0.1) is 11.9 Å². The molecule has 0 aliphatic rings. The average molecular weight is 291 g/mol. The van der Waals surface area contributed by atoms with E-state index in [0.717, 1.165) is 15.4 Å². The van der Waals surface area contributed by atoms with Gasteiger partial charge in [-0.1, -0.05) is 5.21 Å². The van der Waals surface area contributed by atoms with Crippen LogP contribution in [0.1, 0.15) is 10.5 Å². The molecule has 8 nitrogen and oxygen atoms in total. The topological polar surface area (TPSA) is 108 Å². The first-order valence-corrected chi connectivity index (χ1v) is 5.82. The van der Waals surface area contributed by atoms with E-state index < -0.39 is 17.0 Å². The molecule has 0 radical (unpaired) electrons. The van der Waals surface area contributed by atoms with Gasteiger partial charge in [0.15, 0.2) is 11.3 Å². The van der Waals surface area contributed by atoms with Crippen LogP contribution in [0.3, 0.4) is 0 Å². The molecule has 0 spiro atoms. The van der Waals surface area contributed by atoms with Gasteiger partial charge in [-0.25, -0.2) is 14.2 Å². The summed E-state index contributed by atoms with van der Waals surface area (Å²) in [6.07, 6.45) is 1.16. The number of rotatable bonds is 4. The van der Waals surface area contributed by atoms with Crippen molar-refractivity contribution in [2.24, 2.45) is 5.73 Å². The maximum Gasteiger partial charge on any atom is 0.353 e. The third-order valence-corrected chi connectivity index (χ3v) is 3.01. The van der Waals surface area contributed by atoms with E-state index >= 15 is 0 Å². The first-order chi connectivity index (χ1) is 8.54. The van der Waals surface area contributed by atoms with E-state index in [4.69, 9.17) is 28.9 Å². The van der Waals surface area contributed by atoms with Gasteiger partial charge < -0.3 is 5.73 Å². The third-order valence-electron chi connectivity index (χ3n) is 2.19. The van der Waals surface area contributed by atoms with E-state index in [1.807, 2.05) is 0 Å². The maximum absolute atomic E-state index is 11.9. The Hall–Kier alpha value is -1.67. The molecular weight excluding hydrogens is 283 g/mol. The second kappa shape index (κ2) is 4.91. The van der Waals surface area contributed by atoms with Crippen LogP contribution in [0.25, 0.3) is 5.65 Å². The zero-order valence-corrected chi connectivity index (χ0v) is 10.5. The van der Waals surface area contributed by atoms with Crippen molar-refractivity contribution in [2.75, 3.05) is 5.88 Å². The van der Waals surface area contributed by atoms with Crippen LogP contribution in [0.15, 0.2) is 11.1 Å². The lowest BCUT2D eigenvalue weighted by molar-refractivity contribution is 0.0997. The number of nitrogens with two attached hydrogens (primary N) is 1. The van der Waals surface area contributed by atoms with E-state index in [9.17, 15) is 9.59 Å². The lowest BCUT2D eigenvalue weighted by Crippen LogP contribution is -2.33. The summed E-state index contributed by atoms with van der Waals surface area (Å²) in [6.45, 7) is 0.108. The molecule has 0 aliphatic heterocycles. The Kier molecular flexibility index (Phi) is 3.48. The fraction of sp³-hybridized carbons (Fsp3) is 0.375. The predicted octanol–water partition coefficient (Wildman–Crippen LogP) is -0.769. The second-order valence-corrected chi connectivity index (χ2v) is 4.38. The van der Waals surface area contributed by atoms with E-state index in [0.29, 0.717) is 0 Å². The van der Waals surface area contributed by atoms with Crippen LogP contribution in [-0.2, 0) is 6.54 Å². The number of hydrogen-bond acceptors (Lipinski definition) is 5. The zero-order chi connectivity index (χ0) is 13.3. The summed E-state index contributed by atoms with van der Waals surface area (Å²) in [5.74, 6) is -0.607. The molecule has 10 heteroatoms. The van der Waals surface area contributed by atoms with Crippen molar-refractivity contribution in [2.45, 2.75) is 11.9 Å². The van der Waals surface area contributed by atoms with Crippen LogP contribution in [0.5, 0.6) is 0 Å². The molecule has 2 N–H and O–H groups in total. The molecule has 0 saturated heterocycles. The molecule has 0 aliphatic carbocycles. The summed E-state index contributed by atoms with van der Waals surface area (Å²) in [4.78, 5) is 26.7. The number of amides is 1. The first-order valence-electron chi connectivity index (χ1n) is 4.85. The Bertz CT molecular complexity index is 651. The number of imidazole rings is 1. The molecule has 0 saturated carbocycles. The minimum absolute atomic E-state index is 0.0146. The van der Waals surface area contributed by atoms with Crippen LogP contribution >= 0.6 is 23.2 Å². The van der Waals surface area contributed by atoms with Crippen molar-refractivity contribution in [1.82, 2.24) is 24.4 Å². The highest BCUT2D eigenvalue weighted by molar-refractivity contribution is 6.28. The van der Waals surface area contributed by atoms with Gasteiger partial charge in [-0.05, 0) is 0 Å². The summed E-state index contributed by atoms with van der Waals surface area (Å²) in [7, 11) is 0. The van der Waals surface area contributed by atoms with E-state index in [-0.39, 0.29) is 23.8 Å². The molecule has 0 fully saturated rings. The van der Waals surface area contributed by atoms with Gasteiger partial charge in [0.1, 0.15) is 6.33 Å². The van der Waals surface area contributed by atoms with Gasteiger partial charge in [-0.15, -0.1) is 28.3 Å². The van der Waals surface area contributed by atoms with Crippen molar-refractivity contribution in [3.05, 3.63) is 22.5 Å². The quantitative estimate of drug-likeness (QED) is 0.744. The smallest absolute Gasteiger partial charge is 0.353 e.